The predicted molar refractivity (Wildman–Crippen MR) is 128 cm³/mol. The van der Waals surface area contributed by atoms with E-state index in [9.17, 15) is 18.0 Å². The second-order valence-corrected chi connectivity index (χ2v) is 9.24. The van der Waals surface area contributed by atoms with Crippen molar-refractivity contribution in [2.24, 2.45) is 11.8 Å². The molecular formula is C27H33F3N2O4. The third kappa shape index (κ3) is 6.57. The Morgan fingerprint density at radius 3 is 2.33 bits per heavy atom. The highest BCUT2D eigenvalue weighted by Gasteiger charge is 2.55. The van der Waals surface area contributed by atoms with E-state index in [4.69, 9.17) is 14.2 Å². The number of carbonyl (C=O) groups excluding carboxylic acids is 1. The number of nitrogens with one attached hydrogen (secondary N) is 1. The van der Waals surface area contributed by atoms with E-state index in [0.29, 0.717) is 50.7 Å². The number of esters is 1. The van der Waals surface area contributed by atoms with E-state index in [-0.39, 0.29) is 18.1 Å². The molecule has 0 bridgehead atoms. The maximum Gasteiger partial charge on any atom is 0.335 e. The minimum Gasteiger partial charge on any atom is -0.492 e. The van der Waals surface area contributed by atoms with Gasteiger partial charge in [-0.15, -0.1) is 0 Å². The molecule has 4 rings (SSSR count). The molecule has 0 amide bonds. The first kappa shape index (κ1) is 26.4. The van der Waals surface area contributed by atoms with E-state index < -0.39 is 23.6 Å². The van der Waals surface area contributed by atoms with E-state index in [0.717, 1.165) is 36.5 Å². The smallest absolute Gasteiger partial charge is 0.335 e. The Morgan fingerprint density at radius 1 is 1.06 bits per heavy atom. The van der Waals surface area contributed by atoms with Gasteiger partial charge in [-0.3, -0.25) is 4.90 Å². The number of halogens is 3. The quantitative estimate of drug-likeness (QED) is 0.330. The first-order valence-electron chi connectivity index (χ1n) is 12.5. The van der Waals surface area contributed by atoms with Gasteiger partial charge < -0.3 is 19.5 Å². The Bertz CT molecular complexity index is 1000. The zero-order valence-corrected chi connectivity index (χ0v) is 20.6. The summed E-state index contributed by atoms with van der Waals surface area (Å²) in [5.41, 5.74) is 0.888. The molecule has 0 radical (unpaired) electrons. The van der Waals surface area contributed by atoms with Gasteiger partial charge in [-0.2, -0.15) is 0 Å². The second-order valence-electron chi connectivity index (χ2n) is 9.24. The zero-order valence-electron chi connectivity index (χ0n) is 20.6. The van der Waals surface area contributed by atoms with Crippen LogP contribution < -0.4 is 10.1 Å². The van der Waals surface area contributed by atoms with Crippen molar-refractivity contribution in [2.45, 2.75) is 39.0 Å². The monoisotopic (exact) mass is 506 g/mol. The van der Waals surface area contributed by atoms with Gasteiger partial charge in [-0.1, -0.05) is 12.1 Å². The van der Waals surface area contributed by atoms with Crippen LogP contribution in [0.5, 0.6) is 5.75 Å². The Labute approximate surface area is 209 Å². The molecule has 2 aromatic carbocycles. The highest BCUT2D eigenvalue weighted by Crippen LogP contribution is 2.45. The van der Waals surface area contributed by atoms with Crippen LogP contribution in [0.1, 0.15) is 25.0 Å². The predicted octanol–water partition coefficient (Wildman–Crippen LogP) is 3.71. The van der Waals surface area contributed by atoms with Gasteiger partial charge >= 0.3 is 5.97 Å². The van der Waals surface area contributed by atoms with E-state index in [1.807, 2.05) is 36.1 Å². The van der Waals surface area contributed by atoms with Crippen molar-refractivity contribution in [2.75, 3.05) is 39.5 Å². The first-order chi connectivity index (χ1) is 17.4. The Kier molecular flexibility index (Phi) is 8.87. The van der Waals surface area contributed by atoms with Gasteiger partial charge in [0.1, 0.15) is 29.8 Å². The molecule has 1 saturated heterocycles. The highest BCUT2D eigenvalue weighted by atomic mass is 19.1. The van der Waals surface area contributed by atoms with Gasteiger partial charge in [0.15, 0.2) is 6.10 Å². The summed E-state index contributed by atoms with van der Waals surface area (Å²) in [7, 11) is 0. The number of hydrogen-bond acceptors (Lipinski definition) is 6. The molecule has 0 spiro atoms. The summed E-state index contributed by atoms with van der Waals surface area (Å²) in [6.45, 7) is 7.24. The Balaban J connectivity index is 1.14. The lowest BCUT2D eigenvalue weighted by atomic mass is 10.1. The number of rotatable bonds is 13. The summed E-state index contributed by atoms with van der Waals surface area (Å²) in [6.07, 6.45) is -0.176. The third-order valence-electron chi connectivity index (χ3n) is 6.77. The van der Waals surface area contributed by atoms with Crippen LogP contribution in [0.3, 0.4) is 0 Å². The van der Waals surface area contributed by atoms with Crippen LogP contribution in [0.25, 0.3) is 0 Å². The molecule has 1 aliphatic heterocycles. The number of hydrogen-bond donors (Lipinski definition) is 1. The lowest BCUT2D eigenvalue weighted by Gasteiger charge is -2.20. The number of likely N-dealkylation sites (tertiary alicyclic amines) is 1. The van der Waals surface area contributed by atoms with Gasteiger partial charge in [0.2, 0.25) is 0 Å². The van der Waals surface area contributed by atoms with Crippen LogP contribution in [0.4, 0.5) is 13.2 Å². The molecule has 2 fully saturated rings. The van der Waals surface area contributed by atoms with Crippen LogP contribution in [0, 0.1) is 29.3 Å². The van der Waals surface area contributed by atoms with Crippen molar-refractivity contribution in [1.82, 2.24) is 10.2 Å². The van der Waals surface area contributed by atoms with Crippen LogP contribution in [-0.2, 0) is 27.2 Å². The molecule has 1 heterocycles. The molecule has 2 aliphatic rings. The molecule has 9 heteroatoms. The Hall–Kier alpha value is -2.62. The van der Waals surface area contributed by atoms with Crippen LogP contribution in [0.2, 0.25) is 0 Å². The highest BCUT2D eigenvalue weighted by molar-refractivity contribution is 5.75. The Morgan fingerprint density at radius 2 is 1.72 bits per heavy atom. The number of ether oxygens (including phenoxy) is 3. The topological polar surface area (TPSA) is 60.0 Å². The molecule has 36 heavy (non-hydrogen) atoms. The summed E-state index contributed by atoms with van der Waals surface area (Å²) in [5.74, 6) is -1.27. The van der Waals surface area contributed by atoms with Crippen molar-refractivity contribution in [3.8, 4) is 5.75 Å². The summed E-state index contributed by atoms with van der Waals surface area (Å²) >= 11 is 0. The van der Waals surface area contributed by atoms with E-state index in [2.05, 4.69) is 5.32 Å². The molecule has 1 aliphatic carbocycles. The molecule has 0 aromatic heterocycles. The molecule has 196 valence electrons. The van der Waals surface area contributed by atoms with E-state index in [1.54, 1.807) is 6.92 Å². The van der Waals surface area contributed by atoms with Gasteiger partial charge in [-0.05, 0) is 43.4 Å². The van der Waals surface area contributed by atoms with E-state index in [1.165, 1.54) is 0 Å². The maximum atomic E-state index is 13.9. The first-order valence-corrected chi connectivity index (χ1v) is 12.5. The van der Waals surface area contributed by atoms with Crippen molar-refractivity contribution in [3.63, 3.8) is 0 Å². The summed E-state index contributed by atoms with van der Waals surface area (Å²) in [6, 6.07) is 9.43. The van der Waals surface area contributed by atoms with Gasteiger partial charge in [-0.25, -0.2) is 18.0 Å². The second kappa shape index (κ2) is 12.1. The van der Waals surface area contributed by atoms with Gasteiger partial charge in [0.05, 0.1) is 6.61 Å². The summed E-state index contributed by atoms with van der Waals surface area (Å²) in [4.78, 5) is 14.0. The minimum absolute atomic E-state index is 0.0732. The van der Waals surface area contributed by atoms with Gasteiger partial charge in [0, 0.05) is 62.9 Å². The number of benzene rings is 2. The standard InChI is InChI=1S/C27H33F3N2O4/c1-3-34-25(27(33)35-4-2)11-17-5-7-19(8-6-17)36-10-9-31-26-20-14-32(15-21(20)26)16-22-23(29)12-18(28)13-24(22)30/h5-8,12-13,20-21,25-26,31H,3-4,9-11,14-16H2,1-2H3/t20-,21+,25-,26+/m0/s1. The fraction of sp³-hybridized carbons (Fsp3) is 0.519. The molecule has 0 unspecified atom stereocenters. The number of fused-ring (bicyclic) bond motifs is 1. The zero-order chi connectivity index (χ0) is 25.7. The lowest BCUT2D eigenvalue weighted by Crippen LogP contribution is -2.33. The average Bonchev–Trinajstić information content (AvgIpc) is 3.29. The van der Waals surface area contributed by atoms with Crippen LogP contribution in [-0.4, -0.2) is 62.5 Å². The normalized spacial score (nSPS) is 21.8. The van der Waals surface area contributed by atoms with Crippen molar-refractivity contribution < 1.29 is 32.2 Å². The average molecular weight is 507 g/mol. The number of nitrogens with zero attached hydrogens (tertiary/aromatic N) is 1. The molecule has 6 nitrogen and oxygen atoms in total. The van der Waals surface area contributed by atoms with Crippen LogP contribution >= 0.6 is 0 Å². The van der Waals surface area contributed by atoms with Crippen LogP contribution in [0.15, 0.2) is 36.4 Å². The van der Waals surface area contributed by atoms with Crippen molar-refractivity contribution >= 4 is 5.97 Å². The summed E-state index contributed by atoms with van der Waals surface area (Å²) in [5, 5.41) is 3.50. The number of piperidine rings is 1. The minimum atomic E-state index is -0.898. The SMILES string of the molecule is CCOC(=O)[C@H](Cc1ccc(OCCN[C@H]2[C@@H]3CN(Cc4c(F)cc(F)cc4F)C[C@@H]32)cc1)OCC. The number of carbonyl (C=O) groups is 1. The fourth-order valence-corrected chi connectivity index (χ4v) is 4.97. The molecule has 4 atom stereocenters. The van der Waals surface area contributed by atoms with E-state index >= 15 is 0 Å². The van der Waals surface area contributed by atoms with Gasteiger partial charge in [0.25, 0.3) is 0 Å². The fourth-order valence-electron chi connectivity index (χ4n) is 4.97. The molecule has 1 N–H and O–H groups in total. The van der Waals surface area contributed by atoms with Crippen molar-refractivity contribution in [1.29, 1.82) is 0 Å². The maximum absolute atomic E-state index is 13.9. The largest absolute Gasteiger partial charge is 0.492 e. The summed E-state index contributed by atoms with van der Waals surface area (Å²) < 4.78 is 57.3. The molecule has 2 aromatic rings. The van der Waals surface area contributed by atoms with Crippen molar-refractivity contribution in [3.05, 3.63) is 65.0 Å². The lowest BCUT2D eigenvalue weighted by molar-refractivity contribution is -0.156. The molecular weight excluding hydrogens is 473 g/mol. The molecule has 1 saturated carbocycles. The third-order valence-corrected chi connectivity index (χ3v) is 6.77.